The maximum absolute atomic E-state index is 12.7. The van der Waals surface area contributed by atoms with E-state index in [0.29, 0.717) is 22.8 Å². The summed E-state index contributed by atoms with van der Waals surface area (Å²) in [6.45, 7) is 0. The minimum absolute atomic E-state index is 0.476. The molecule has 0 fully saturated rings. The van der Waals surface area contributed by atoms with E-state index < -0.39 is 18.0 Å². The lowest BCUT2D eigenvalue weighted by atomic mass is 10.2. The monoisotopic (exact) mass is 427 g/mol. The number of dihydropyridines is 1. The van der Waals surface area contributed by atoms with Gasteiger partial charge in [-0.25, -0.2) is 10.5 Å². The molecule has 12 heteroatoms. The van der Waals surface area contributed by atoms with Crippen LogP contribution in [0.1, 0.15) is 11.9 Å². The molecule has 1 aromatic carbocycles. The lowest BCUT2D eigenvalue weighted by Crippen LogP contribution is -2.27. The Kier molecular flexibility index (Phi) is 5.84. The first-order chi connectivity index (χ1) is 13.7. The third-order valence-electron chi connectivity index (χ3n) is 4.04. The molecule has 1 unspecified atom stereocenters. The Morgan fingerprint density at radius 1 is 1.34 bits per heavy atom. The zero-order valence-corrected chi connectivity index (χ0v) is 16.4. The highest BCUT2D eigenvalue weighted by Gasteiger charge is 2.34. The zero-order valence-electron chi connectivity index (χ0n) is 15.6. The molecular formula is C17H20F3N7OS. The molecule has 6 N–H and O–H groups in total. The van der Waals surface area contributed by atoms with Crippen LogP contribution in [0.3, 0.4) is 0 Å². The number of rotatable bonds is 6. The number of nitrogens with zero attached hydrogens (tertiary/aromatic N) is 3. The average molecular weight is 427 g/mol. The van der Waals surface area contributed by atoms with E-state index in [1.54, 1.807) is 37.5 Å². The summed E-state index contributed by atoms with van der Waals surface area (Å²) in [5, 5.41) is 7.94. The highest BCUT2D eigenvalue weighted by Crippen LogP contribution is 2.41. The number of alkyl halides is 3. The molecule has 1 aliphatic heterocycles. The van der Waals surface area contributed by atoms with Crippen molar-refractivity contribution >= 4 is 29.0 Å². The van der Waals surface area contributed by atoms with E-state index in [9.17, 15) is 13.2 Å². The third-order valence-corrected chi connectivity index (χ3v) is 4.83. The number of hydrogen-bond donors (Lipinski definition) is 4. The normalized spacial score (nSPS) is 16.2. The summed E-state index contributed by atoms with van der Waals surface area (Å²) in [5.74, 6) is 6.44. The Hall–Kier alpha value is -2.99. The van der Waals surface area contributed by atoms with Gasteiger partial charge >= 0.3 is 6.18 Å². The summed E-state index contributed by atoms with van der Waals surface area (Å²) in [4.78, 5) is 0.777. The van der Waals surface area contributed by atoms with E-state index in [2.05, 4.69) is 15.1 Å². The van der Waals surface area contributed by atoms with E-state index in [4.69, 9.17) is 16.3 Å². The van der Waals surface area contributed by atoms with Crippen LogP contribution in [-0.2, 0) is 6.18 Å². The van der Waals surface area contributed by atoms with Crippen LogP contribution in [-0.4, -0.2) is 23.9 Å². The molecule has 156 valence electrons. The number of hydrazine groups is 1. The summed E-state index contributed by atoms with van der Waals surface area (Å²) >= 11 is 1.26. The molecule has 0 aliphatic carbocycles. The predicted molar refractivity (Wildman–Crippen MR) is 108 cm³/mol. The topological polar surface area (TPSA) is 106 Å². The van der Waals surface area contributed by atoms with E-state index in [0.717, 1.165) is 11.0 Å². The largest absolute Gasteiger partial charge is 0.494 e. The van der Waals surface area contributed by atoms with Crippen molar-refractivity contribution in [3.63, 3.8) is 0 Å². The molecule has 0 amide bonds. The number of aromatic nitrogens is 2. The number of nitrogens with one attached hydrogen (secondary N) is 2. The van der Waals surface area contributed by atoms with Crippen molar-refractivity contribution in [2.24, 2.45) is 5.84 Å². The summed E-state index contributed by atoms with van der Waals surface area (Å²) in [6.07, 6.45) is 1.40. The number of halogens is 3. The smallest absolute Gasteiger partial charge is 0.435 e. The Labute approximate surface area is 169 Å². The molecule has 0 saturated heterocycles. The van der Waals surface area contributed by atoms with Crippen molar-refractivity contribution in [2.75, 3.05) is 29.6 Å². The second-order valence-corrected chi connectivity index (χ2v) is 6.97. The van der Waals surface area contributed by atoms with E-state index >= 15 is 0 Å². The van der Waals surface area contributed by atoms with Gasteiger partial charge in [0.25, 0.3) is 0 Å². The molecule has 0 spiro atoms. The number of ether oxygens (including phenoxy) is 1. The van der Waals surface area contributed by atoms with Gasteiger partial charge in [0.15, 0.2) is 5.69 Å². The zero-order chi connectivity index (χ0) is 21.2. The molecule has 0 bridgehead atoms. The standard InChI is InChI=1S/C17H20F3N7OS/c1-26(22)16-11(21)4-5-12(28-2)15(16)25-29-10-3-6-14(23-9-10)27-8-7-13(24-27)17(18,19)20/h3-9,14,23,25H,21-22H2,1-2H3. The minimum Gasteiger partial charge on any atom is -0.494 e. The van der Waals surface area contributed by atoms with Crippen LogP contribution < -0.4 is 31.4 Å². The van der Waals surface area contributed by atoms with Crippen molar-refractivity contribution in [1.82, 2.24) is 15.1 Å². The van der Waals surface area contributed by atoms with Gasteiger partial charge in [-0.1, -0.05) is 0 Å². The average Bonchev–Trinajstić information content (AvgIpc) is 3.17. The molecule has 1 aliphatic rings. The lowest BCUT2D eigenvalue weighted by molar-refractivity contribution is -0.141. The first kappa shape index (κ1) is 20.7. The molecule has 0 saturated carbocycles. The summed E-state index contributed by atoms with van der Waals surface area (Å²) in [5.41, 5.74) is 6.72. The molecular weight excluding hydrogens is 407 g/mol. The van der Waals surface area contributed by atoms with Gasteiger partial charge < -0.3 is 25.5 Å². The van der Waals surface area contributed by atoms with Crippen molar-refractivity contribution in [3.8, 4) is 5.75 Å². The van der Waals surface area contributed by atoms with Gasteiger partial charge in [0.1, 0.15) is 23.3 Å². The number of benzene rings is 1. The van der Waals surface area contributed by atoms with Gasteiger partial charge in [-0.2, -0.15) is 18.3 Å². The SMILES string of the molecule is COc1ccc(N)c(N(C)N)c1NSC1=CNC(n2ccc(C(F)(F)F)n2)C=C1. The molecule has 1 atom stereocenters. The molecule has 2 aromatic rings. The number of nitrogens with two attached hydrogens (primary N) is 2. The second-order valence-electron chi connectivity index (χ2n) is 6.09. The lowest BCUT2D eigenvalue weighted by Gasteiger charge is -2.23. The van der Waals surface area contributed by atoms with E-state index in [1.807, 2.05) is 0 Å². The summed E-state index contributed by atoms with van der Waals surface area (Å²) in [6, 6.07) is 4.35. The first-order valence-electron chi connectivity index (χ1n) is 8.35. The molecule has 0 radical (unpaired) electrons. The van der Waals surface area contributed by atoms with Gasteiger partial charge in [0.05, 0.1) is 12.8 Å². The Balaban J connectivity index is 1.69. The van der Waals surface area contributed by atoms with Crippen LogP contribution in [0.25, 0.3) is 0 Å². The maximum atomic E-state index is 12.7. The summed E-state index contributed by atoms with van der Waals surface area (Å²) in [7, 11) is 3.19. The molecule has 2 heterocycles. The van der Waals surface area contributed by atoms with E-state index in [1.165, 1.54) is 34.9 Å². The van der Waals surface area contributed by atoms with Crippen LogP contribution >= 0.6 is 11.9 Å². The number of allylic oxidation sites excluding steroid dienone is 1. The Morgan fingerprint density at radius 2 is 2.10 bits per heavy atom. The Bertz CT molecular complexity index is 940. The molecule has 1 aromatic heterocycles. The van der Waals surface area contributed by atoms with Crippen molar-refractivity contribution in [1.29, 1.82) is 0 Å². The highest BCUT2D eigenvalue weighted by atomic mass is 32.2. The second kappa shape index (κ2) is 8.17. The van der Waals surface area contributed by atoms with Crippen LogP contribution in [0.4, 0.5) is 30.2 Å². The summed E-state index contributed by atoms with van der Waals surface area (Å²) < 4.78 is 47.8. The minimum atomic E-state index is -4.48. The first-order valence-corrected chi connectivity index (χ1v) is 9.17. The van der Waals surface area contributed by atoms with E-state index in [-0.39, 0.29) is 0 Å². The highest BCUT2D eigenvalue weighted by molar-refractivity contribution is 8.04. The van der Waals surface area contributed by atoms with Gasteiger partial charge in [-0.05, 0) is 42.3 Å². The fourth-order valence-corrected chi connectivity index (χ4v) is 3.37. The number of hydrogen-bond acceptors (Lipinski definition) is 8. The van der Waals surface area contributed by atoms with Crippen LogP contribution in [0.2, 0.25) is 0 Å². The molecule has 3 rings (SSSR count). The number of methoxy groups -OCH3 is 1. The quantitative estimate of drug-likeness (QED) is 0.241. The van der Waals surface area contributed by atoms with Crippen LogP contribution in [0.15, 0.2) is 47.7 Å². The molecule has 8 nitrogen and oxygen atoms in total. The van der Waals surface area contributed by atoms with Crippen LogP contribution in [0, 0.1) is 0 Å². The van der Waals surface area contributed by atoms with Crippen molar-refractivity contribution < 1.29 is 17.9 Å². The number of anilines is 3. The molecule has 29 heavy (non-hydrogen) atoms. The maximum Gasteiger partial charge on any atom is 0.435 e. The van der Waals surface area contributed by atoms with Gasteiger partial charge in [-0.3, -0.25) is 0 Å². The van der Waals surface area contributed by atoms with Gasteiger partial charge in [0, 0.05) is 24.3 Å². The number of nitrogen functional groups attached to an aromatic ring is 1. The van der Waals surface area contributed by atoms with Crippen molar-refractivity contribution in [3.05, 3.63) is 53.3 Å². The van der Waals surface area contributed by atoms with Crippen LogP contribution in [0.5, 0.6) is 5.75 Å². The predicted octanol–water partition coefficient (Wildman–Crippen LogP) is 3.06. The third kappa shape index (κ3) is 4.54. The van der Waals surface area contributed by atoms with Gasteiger partial charge in [0.2, 0.25) is 0 Å². The fourth-order valence-electron chi connectivity index (χ4n) is 2.68. The Morgan fingerprint density at radius 3 is 2.66 bits per heavy atom. The van der Waals surface area contributed by atoms with Crippen molar-refractivity contribution in [2.45, 2.75) is 12.3 Å². The fraction of sp³-hybridized carbons (Fsp3) is 0.235. The van der Waals surface area contributed by atoms with Gasteiger partial charge in [-0.15, -0.1) is 0 Å².